The summed E-state index contributed by atoms with van der Waals surface area (Å²) in [7, 11) is -4.64. The van der Waals surface area contributed by atoms with Crippen molar-refractivity contribution in [2.75, 3.05) is 6.61 Å². The molecule has 0 radical (unpaired) electrons. The highest BCUT2D eigenvalue weighted by atomic mass is 127. The molecule has 16 heteroatoms. The van der Waals surface area contributed by atoms with E-state index in [1.165, 1.54) is 0 Å². The van der Waals surface area contributed by atoms with E-state index in [0.29, 0.717) is 4.57 Å². The molecule has 0 bridgehead atoms. The Hall–Kier alpha value is -1.17. The summed E-state index contributed by atoms with van der Waals surface area (Å²) >= 11 is 1.59. The van der Waals surface area contributed by atoms with Gasteiger partial charge in [0.15, 0.2) is 6.10 Å². The van der Waals surface area contributed by atoms with Crippen LogP contribution >= 0.6 is 30.4 Å². The van der Waals surface area contributed by atoms with Gasteiger partial charge in [-0.05, 0) is 22.6 Å². The van der Waals surface area contributed by atoms with E-state index in [4.69, 9.17) is 29.1 Å². The molecule has 14 nitrogen and oxygen atoms in total. The van der Waals surface area contributed by atoms with Crippen LogP contribution in [0.15, 0.2) is 15.7 Å². The summed E-state index contributed by atoms with van der Waals surface area (Å²) < 4.78 is 14.6. The number of carbonyl (C=O) groups is 1. The van der Waals surface area contributed by atoms with E-state index in [-0.39, 0.29) is 3.70 Å². The molecule has 1 saturated heterocycles. The summed E-state index contributed by atoms with van der Waals surface area (Å²) in [5, 5.41) is 38.2. The normalized spacial score (nSPS) is 28.3. The fourth-order valence-electron chi connectivity index (χ4n) is 2.19. The van der Waals surface area contributed by atoms with Gasteiger partial charge in [-0.3, -0.25) is 14.3 Å². The molecule has 1 aromatic rings. The number of H-pyrrole nitrogens is 1. The van der Waals surface area contributed by atoms with Crippen molar-refractivity contribution < 1.29 is 49.2 Å². The highest BCUT2D eigenvalue weighted by Crippen LogP contribution is 2.35. The number of hydrogen-bond donors (Lipinski definition) is 8. The Morgan fingerprint density at radius 2 is 1.85 bits per heavy atom. The number of aromatic amines is 1. The van der Waals surface area contributed by atoms with Gasteiger partial charge in [0.2, 0.25) is 5.72 Å². The smallest absolute Gasteiger partial charge is 0.466 e. The molecule has 2 heterocycles. The zero-order chi connectivity index (χ0) is 20.4. The van der Waals surface area contributed by atoms with Gasteiger partial charge in [-0.2, -0.15) is 0 Å². The van der Waals surface area contributed by atoms with Gasteiger partial charge in [0.25, 0.3) is 5.56 Å². The number of hydrogen-bond acceptors (Lipinski definition) is 8. The van der Waals surface area contributed by atoms with Crippen molar-refractivity contribution in [3.05, 3.63) is 30.6 Å². The van der Waals surface area contributed by atoms with Crippen LogP contribution in [0.4, 0.5) is 0 Å². The molecule has 1 aliphatic rings. The molecule has 8 N–H and O–H groups in total. The first-order valence-corrected chi connectivity index (χ1v) is 9.07. The molecule has 0 unspecified atom stereocenters. The van der Waals surface area contributed by atoms with Gasteiger partial charge in [-0.25, -0.2) is 14.2 Å². The number of aromatic nitrogens is 2. The third-order valence-electron chi connectivity index (χ3n) is 3.17. The van der Waals surface area contributed by atoms with Gasteiger partial charge in [-0.15, -0.1) is 0 Å². The van der Waals surface area contributed by atoms with Gasteiger partial charge in [0.1, 0.15) is 12.2 Å². The van der Waals surface area contributed by atoms with Crippen LogP contribution in [0.2, 0.25) is 0 Å². The molecule has 1 fully saturated rings. The molecule has 0 aliphatic carbocycles. The number of aliphatic hydroxyl groups is 3. The van der Waals surface area contributed by atoms with Gasteiger partial charge in [0.05, 0.1) is 10.3 Å². The average molecular weight is 512 g/mol. The van der Waals surface area contributed by atoms with E-state index in [1.807, 2.05) is 4.98 Å². The fraction of sp³-hybridized carbons (Fsp3) is 0.500. The number of aliphatic hydroxyl groups excluding tert-OH is 3. The summed E-state index contributed by atoms with van der Waals surface area (Å²) in [5.41, 5.74) is -3.94. The minimum atomic E-state index is -4.64. The van der Waals surface area contributed by atoms with Gasteiger partial charge in [0, 0.05) is 6.07 Å². The maximum Gasteiger partial charge on any atom is 0.466 e. The molecule has 0 spiro atoms. The number of halogens is 1. The van der Waals surface area contributed by atoms with E-state index in [0.717, 1.165) is 6.07 Å². The molecule has 0 amide bonds. The number of ether oxygens (including phenoxy) is 1. The summed E-state index contributed by atoms with van der Waals surface area (Å²) in [4.78, 5) is 57.6. The highest BCUT2D eigenvalue weighted by Gasteiger charge is 2.58. The van der Waals surface area contributed by atoms with Crippen LogP contribution in [0.5, 0.6) is 0 Å². The van der Waals surface area contributed by atoms with Crippen molar-refractivity contribution in [1.29, 1.82) is 0 Å². The van der Waals surface area contributed by atoms with Crippen LogP contribution in [0.25, 0.3) is 0 Å². The summed E-state index contributed by atoms with van der Waals surface area (Å²) in [6.45, 7) is -0.989. The van der Waals surface area contributed by atoms with Gasteiger partial charge < -0.3 is 39.8 Å². The lowest BCUT2D eigenvalue weighted by molar-refractivity contribution is -0.185. The number of nitrogens with one attached hydrogen (secondary N) is 1. The molecule has 1 aliphatic heterocycles. The zero-order valence-corrected chi connectivity index (χ0v) is 15.5. The Morgan fingerprint density at radius 1 is 1.35 bits per heavy atom. The Bertz CT molecular complexity index is 824. The first-order valence-electron chi connectivity index (χ1n) is 6.43. The summed E-state index contributed by atoms with van der Waals surface area (Å²) in [6.07, 6.45) is -5.58. The number of nitrogens with zero attached hydrogens (tertiary/aromatic N) is 1. The second-order valence-electron chi connectivity index (χ2n) is 4.93. The van der Waals surface area contributed by atoms with Crippen LogP contribution in [0.3, 0.4) is 0 Å². The average Bonchev–Trinajstić information content (AvgIpc) is 2.70. The standard InChI is InChI=1S/C10H11IN2O8.H3O4P/c11-3-1-4(15)12-9(20)13(3)10(2-14)7(17)5(16)6(21-10)8(18)19;1-5(2,3)4/h1,5-7,14,16-17H,2H2,(H,18,19)(H,12,15,20);(H3,1,2,3,4)/t5-,6+,7-,10-;/m1./s1. The summed E-state index contributed by atoms with van der Waals surface area (Å²) in [6, 6.07) is 0.996. The van der Waals surface area contributed by atoms with Crippen molar-refractivity contribution in [2.45, 2.75) is 24.0 Å². The number of carboxylic acid groups (broad SMARTS) is 1. The molecular weight excluding hydrogens is 498 g/mol. The van der Waals surface area contributed by atoms with E-state index in [1.54, 1.807) is 22.6 Å². The lowest BCUT2D eigenvalue weighted by Crippen LogP contribution is -2.55. The lowest BCUT2D eigenvalue weighted by atomic mass is 10.0. The zero-order valence-electron chi connectivity index (χ0n) is 12.5. The molecule has 1 aromatic heterocycles. The Labute approximate surface area is 156 Å². The first-order chi connectivity index (χ1) is 11.7. The second-order valence-corrected chi connectivity index (χ2v) is 7.06. The summed E-state index contributed by atoms with van der Waals surface area (Å²) in [5.74, 6) is -1.57. The molecule has 4 atom stereocenters. The minimum Gasteiger partial charge on any atom is -0.479 e. The van der Waals surface area contributed by atoms with E-state index >= 15 is 0 Å². The van der Waals surface area contributed by atoms with Crippen LogP contribution < -0.4 is 11.2 Å². The van der Waals surface area contributed by atoms with Crippen molar-refractivity contribution in [3.63, 3.8) is 0 Å². The predicted octanol–water partition coefficient (Wildman–Crippen LogP) is -3.94. The number of phosphoric acid groups is 1. The largest absolute Gasteiger partial charge is 0.479 e. The van der Waals surface area contributed by atoms with Crippen LogP contribution in [-0.2, 0) is 19.8 Å². The number of rotatable bonds is 3. The van der Waals surface area contributed by atoms with E-state index < -0.39 is 55.7 Å². The Morgan fingerprint density at radius 3 is 2.19 bits per heavy atom. The van der Waals surface area contributed by atoms with E-state index in [9.17, 15) is 29.7 Å². The SMILES string of the molecule is O=C(O)[C@H]1O[C@@](CO)(n2c(I)cc(=O)[nH]c2=O)[C@H](O)[C@@H]1O.O=P(O)(O)O. The Kier molecular flexibility index (Phi) is 7.25. The number of aliphatic carboxylic acids is 1. The van der Waals surface area contributed by atoms with Crippen molar-refractivity contribution in [3.8, 4) is 0 Å². The molecule has 0 aromatic carbocycles. The second kappa shape index (κ2) is 8.24. The van der Waals surface area contributed by atoms with Crippen molar-refractivity contribution in [2.24, 2.45) is 0 Å². The van der Waals surface area contributed by atoms with Crippen molar-refractivity contribution in [1.82, 2.24) is 9.55 Å². The molecular formula is C10H14IN2O12P. The maximum absolute atomic E-state index is 11.9. The molecule has 26 heavy (non-hydrogen) atoms. The van der Waals surface area contributed by atoms with Crippen molar-refractivity contribution >= 4 is 36.4 Å². The van der Waals surface area contributed by atoms with Crippen LogP contribution in [0, 0.1) is 3.70 Å². The van der Waals surface area contributed by atoms with E-state index in [2.05, 4.69) is 0 Å². The maximum atomic E-state index is 11.9. The van der Waals surface area contributed by atoms with Crippen LogP contribution in [0.1, 0.15) is 0 Å². The third-order valence-corrected chi connectivity index (χ3v) is 3.97. The molecule has 2 rings (SSSR count). The predicted molar refractivity (Wildman–Crippen MR) is 87.9 cm³/mol. The lowest BCUT2D eigenvalue weighted by Gasteiger charge is -2.32. The number of carboxylic acids is 1. The highest BCUT2D eigenvalue weighted by molar-refractivity contribution is 14.1. The van der Waals surface area contributed by atoms with Gasteiger partial charge in [-0.1, -0.05) is 0 Å². The van der Waals surface area contributed by atoms with Gasteiger partial charge >= 0.3 is 19.5 Å². The van der Waals surface area contributed by atoms with Crippen LogP contribution in [-0.4, -0.2) is 75.5 Å². The quantitative estimate of drug-likeness (QED) is 0.110. The first kappa shape index (κ1) is 22.9. The molecule has 0 saturated carbocycles. The minimum absolute atomic E-state index is 0.00677. The Balaban J connectivity index is 0.000000597. The molecule has 148 valence electrons. The topological polar surface area (TPSA) is 240 Å². The monoisotopic (exact) mass is 512 g/mol. The fourth-order valence-corrected chi connectivity index (χ4v) is 3.10. The third kappa shape index (κ3) is 4.96.